The average molecular weight is 282 g/mol. The highest BCUT2D eigenvalue weighted by atomic mass is 32.1. The minimum absolute atomic E-state index is 0.144. The van der Waals surface area contributed by atoms with Crippen molar-refractivity contribution in [2.75, 3.05) is 6.54 Å². The predicted molar refractivity (Wildman–Crippen MR) is 82.2 cm³/mol. The third kappa shape index (κ3) is 5.74. The number of rotatable bonds is 8. The Kier molecular flexibility index (Phi) is 6.52. The molecule has 0 spiro atoms. The first-order valence-corrected chi connectivity index (χ1v) is 7.89. The molecule has 1 heterocycles. The topological polar surface area (TPSA) is 55.1 Å². The first-order valence-electron chi connectivity index (χ1n) is 7.01. The van der Waals surface area contributed by atoms with E-state index in [1.165, 1.54) is 4.88 Å². The summed E-state index contributed by atoms with van der Waals surface area (Å²) >= 11 is 1.70. The van der Waals surface area contributed by atoms with E-state index in [4.69, 9.17) is 5.73 Å². The van der Waals surface area contributed by atoms with Crippen molar-refractivity contribution in [2.45, 2.75) is 52.5 Å². The molecule has 1 aromatic rings. The van der Waals surface area contributed by atoms with Gasteiger partial charge in [0.15, 0.2) is 0 Å². The highest BCUT2D eigenvalue weighted by Crippen LogP contribution is 2.26. The Hall–Kier alpha value is -0.870. The van der Waals surface area contributed by atoms with Crippen LogP contribution in [-0.4, -0.2) is 12.5 Å². The Morgan fingerprint density at radius 3 is 2.74 bits per heavy atom. The number of nitrogens with two attached hydrogens (primary N) is 1. The van der Waals surface area contributed by atoms with Crippen LogP contribution in [0.3, 0.4) is 0 Å². The van der Waals surface area contributed by atoms with Gasteiger partial charge in [-0.2, -0.15) is 0 Å². The maximum atomic E-state index is 12.0. The molecule has 3 N–H and O–H groups in total. The van der Waals surface area contributed by atoms with Crippen LogP contribution in [0, 0.1) is 5.41 Å². The van der Waals surface area contributed by atoms with Gasteiger partial charge >= 0.3 is 0 Å². The third-order valence-corrected chi connectivity index (χ3v) is 4.47. The fraction of sp³-hybridized carbons (Fsp3) is 0.667. The molecule has 0 aromatic carbocycles. The van der Waals surface area contributed by atoms with Gasteiger partial charge in [-0.05, 0) is 42.7 Å². The SMILES string of the molecule is CCC(NC(=O)CCC(C)(C)CCN)c1cccs1. The van der Waals surface area contributed by atoms with Crippen molar-refractivity contribution in [3.63, 3.8) is 0 Å². The second kappa shape index (κ2) is 7.65. The number of hydrogen-bond acceptors (Lipinski definition) is 3. The Bertz CT molecular complexity index is 374. The molecule has 0 aliphatic carbocycles. The Balaban J connectivity index is 2.42. The summed E-state index contributed by atoms with van der Waals surface area (Å²) in [7, 11) is 0. The number of amides is 1. The molecule has 0 saturated carbocycles. The maximum absolute atomic E-state index is 12.0. The van der Waals surface area contributed by atoms with Crippen LogP contribution in [0.25, 0.3) is 0 Å². The van der Waals surface area contributed by atoms with Gasteiger partial charge in [0.25, 0.3) is 0 Å². The van der Waals surface area contributed by atoms with Crippen molar-refractivity contribution in [3.05, 3.63) is 22.4 Å². The average Bonchev–Trinajstić information content (AvgIpc) is 2.87. The zero-order valence-corrected chi connectivity index (χ0v) is 13.1. The molecule has 0 fully saturated rings. The lowest BCUT2D eigenvalue weighted by molar-refractivity contribution is -0.122. The lowest BCUT2D eigenvalue weighted by Gasteiger charge is -2.24. The second-order valence-electron chi connectivity index (χ2n) is 5.75. The van der Waals surface area contributed by atoms with Crippen LogP contribution >= 0.6 is 11.3 Å². The summed E-state index contributed by atoms with van der Waals surface area (Å²) in [6.07, 6.45) is 3.35. The Morgan fingerprint density at radius 1 is 1.47 bits per heavy atom. The number of hydrogen-bond donors (Lipinski definition) is 2. The number of nitrogens with one attached hydrogen (secondary N) is 1. The molecular formula is C15H26N2OS. The van der Waals surface area contributed by atoms with Crippen molar-refractivity contribution in [1.82, 2.24) is 5.32 Å². The minimum Gasteiger partial charge on any atom is -0.348 e. The van der Waals surface area contributed by atoms with Gasteiger partial charge in [0.2, 0.25) is 5.91 Å². The van der Waals surface area contributed by atoms with Crippen molar-refractivity contribution >= 4 is 17.2 Å². The number of thiophene rings is 1. The zero-order valence-electron chi connectivity index (χ0n) is 12.2. The monoisotopic (exact) mass is 282 g/mol. The number of carbonyl (C=O) groups excluding carboxylic acids is 1. The fourth-order valence-electron chi connectivity index (χ4n) is 2.10. The van der Waals surface area contributed by atoms with Gasteiger partial charge in [0.05, 0.1) is 6.04 Å². The molecule has 108 valence electrons. The molecule has 0 radical (unpaired) electrons. The van der Waals surface area contributed by atoms with Gasteiger partial charge in [0, 0.05) is 11.3 Å². The van der Waals surface area contributed by atoms with Crippen LogP contribution in [0.4, 0.5) is 0 Å². The lowest BCUT2D eigenvalue weighted by atomic mass is 9.84. The van der Waals surface area contributed by atoms with Crippen molar-refractivity contribution < 1.29 is 4.79 Å². The normalized spacial score (nSPS) is 13.3. The first-order chi connectivity index (χ1) is 8.98. The Labute approximate surface area is 120 Å². The van der Waals surface area contributed by atoms with E-state index in [0.717, 1.165) is 19.3 Å². The molecule has 1 rings (SSSR count). The van der Waals surface area contributed by atoms with Gasteiger partial charge < -0.3 is 11.1 Å². The summed E-state index contributed by atoms with van der Waals surface area (Å²) in [6, 6.07) is 4.27. The fourth-order valence-corrected chi connectivity index (χ4v) is 2.96. The third-order valence-electron chi connectivity index (χ3n) is 3.48. The summed E-state index contributed by atoms with van der Waals surface area (Å²) in [5, 5.41) is 5.17. The van der Waals surface area contributed by atoms with Crippen LogP contribution in [0.15, 0.2) is 17.5 Å². The molecule has 1 atom stereocenters. The standard InChI is InChI=1S/C15H26N2OS/c1-4-12(13-6-5-11-19-13)17-14(18)7-8-15(2,3)9-10-16/h5-6,11-12H,4,7-10,16H2,1-3H3,(H,17,18). The van der Waals surface area contributed by atoms with Crippen LogP contribution in [-0.2, 0) is 4.79 Å². The lowest BCUT2D eigenvalue weighted by Crippen LogP contribution is -2.29. The van der Waals surface area contributed by atoms with E-state index in [1.54, 1.807) is 11.3 Å². The van der Waals surface area contributed by atoms with Gasteiger partial charge in [-0.1, -0.05) is 26.8 Å². The molecule has 0 bridgehead atoms. The summed E-state index contributed by atoms with van der Waals surface area (Å²) < 4.78 is 0. The van der Waals surface area contributed by atoms with Gasteiger partial charge in [-0.25, -0.2) is 0 Å². The van der Waals surface area contributed by atoms with E-state index in [-0.39, 0.29) is 17.4 Å². The zero-order chi connectivity index (χ0) is 14.3. The van der Waals surface area contributed by atoms with Crippen LogP contribution in [0.2, 0.25) is 0 Å². The smallest absolute Gasteiger partial charge is 0.220 e. The van der Waals surface area contributed by atoms with E-state index in [2.05, 4.69) is 37.5 Å². The summed E-state index contributed by atoms with van der Waals surface area (Å²) in [4.78, 5) is 13.3. The maximum Gasteiger partial charge on any atom is 0.220 e. The van der Waals surface area contributed by atoms with Gasteiger partial charge in [-0.15, -0.1) is 11.3 Å². The van der Waals surface area contributed by atoms with Gasteiger partial charge in [-0.3, -0.25) is 4.79 Å². The highest BCUT2D eigenvalue weighted by molar-refractivity contribution is 7.10. The van der Waals surface area contributed by atoms with Crippen LogP contribution in [0.5, 0.6) is 0 Å². The molecule has 1 unspecified atom stereocenters. The molecule has 3 nitrogen and oxygen atoms in total. The quantitative estimate of drug-likeness (QED) is 0.767. The second-order valence-corrected chi connectivity index (χ2v) is 6.73. The summed E-state index contributed by atoms with van der Waals surface area (Å²) in [5.41, 5.74) is 5.74. The van der Waals surface area contributed by atoms with E-state index < -0.39 is 0 Å². The largest absolute Gasteiger partial charge is 0.348 e. The highest BCUT2D eigenvalue weighted by Gasteiger charge is 2.20. The predicted octanol–water partition coefficient (Wildman–Crippen LogP) is 3.47. The van der Waals surface area contributed by atoms with Crippen molar-refractivity contribution in [2.24, 2.45) is 11.1 Å². The van der Waals surface area contributed by atoms with E-state index in [9.17, 15) is 4.79 Å². The van der Waals surface area contributed by atoms with E-state index >= 15 is 0 Å². The molecule has 1 aromatic heterocycles. The van der Waals surface area contributed by atoms with E-state index in [1.807, 2.05) is 6.07 Å². The van der Waals surface area contributed by atoms with Crippen LogP contribution in [0.1, 0.15) is 57.4 Å². The van der Waals surface area contributed by atoms with Crippen LogP contribution < -0.4 is 11.1 Å². The van der Waals surface area contributed by atoms with Crippen molar-refractivity contribution in [1.29, 1.82) is 0 Å². The van der Waals surface area contributed by atoms with Crippen molar-refractivity contribution in [3.8, 4) is 0 Å². The molecule has 0 saturated heterocycles. The van der Waals surface area contributed by atoms with Gasteiger partial charge in [0.1, 0.15) is 0 Å². The molecule has 1 amide bonds. The molecular weight excluding hydrogens is 256 g/mol. The minimum atomic E-state index is 0.144. The molecule has 4 heteroatoms. The molecule has 0 aliphatic rings. The molecule has 19 heavy (non-hydrogen) atoms. The summed E-state index contributed by atoms with van der Waals surface area (Å²) in [6.45, 7) is 7.12. The number of carbonyl (C=O) groups is 1. The van der Waals surface area contributed by atoms with E-state index in [0.29, 0.717) is 13.0 Å². The summed E-state index contributed by atoms with van der Waals surface area (Å²) in [5.74, 6) is 0.144. The Morgan fingerprint density at radius 2 is 2.21 bits per heavy atom. The molecule has 0 aliphatic heterocycles. The first kappa shape index (κ1) is 16.2.